The smallest absolute Gasteiger partial charge is 0.329 e. The molecule has 0 fully saturated rings. The van der Waals surface area contributed by atoms with E-state index in [4.69, 9.17) is 27.9 Å². The average molecular weight is 366 g/mol. The molecule has 0 heterocycles. The molecular weight excluding hydrogens is 353 g/mol. The van der Waals surface area contributed by atoms with Gasteiger partial charge in [0.2, 0.25) is 0 Å². The third kappa shape index (κ3) is 4.71. The summed E-state index contributed by atoms with van der Waals surface area (Å²) >= 11 is 11.6. The molecule has 0 aliphatic heterocycles. The number of carbonyl (C=O) groups is 2. The Hall–Kier alpha value is -2.57. The monoisotopic (exact) mass is 365 g/mol. The molecular formula is C16H13Cl2N3O3. The van der Waals surface area contributed by atoms with E-state index in [0.717, 1.165) is 0 Å². The van der Waals surface area contributed by atoms with Crippen LogP contribution in [-0.4, -0.2) is 25.1 Å². The Morgan fingerprint density at radius 3 is 2.54 bits per heavy atom. The van der Waals surface area contributed by atoms with E-state index in [9.17, 15) is 9.59 Å². The van der Waals surface area contributed by atoms with Crippen molar-refractivity contribution in [1.82, 2.24) is 5.43 Å². The Balaban J connectivity index is 1.95. The number of nitrogens with zero attached hydrogens (tertiary/aromatic N) is 1. The molecule has 0 spiro atoms. The van der Waals surface area contributed by atoms with Gasteiger partial charge in [0, 0.05) is 11.3 Å². The lowest BCUT2D eigenvalue weighted by Crippen LogP contribution is -2.32. The molecule has 2 aromatic carbocycles. The molecule has 2 rings (SSSR count). The Morgan fingerprint density at radius 2 is 1.83 bits per heavy atom. The summed E-state index contributed by atoms with van der Waals surface area (Å²) in [5, 5.41) is 6.74. The first-order valence-corrected chi connectivity index (χ1v) is 7.49. The van der Waals surface area contributed by atoms with Crippen molar-refractivity contribution in [3.8, 4) is 5.75 Å². The van der Waals surface area contributed by atoms with Crippen LogP contribution in [0.5, 0.6) is 5.75 Å². The largest absolute Gasteiger partial charge is 0.496 e. The Labute approximate surface area is 148 Å². The number of nitrogens with one attached hydrogen (secondary N) is 2. The summed E-state index contributed by atoms with van der Waals surface area (Å²) in [6.45, 7) is 0. The second-order valence-electron chi connectivity index (χ2n) is 4.52. The van der Waals surface area contributed by atoms with Crippen molar-refractivity contribution in [3.05, 3.63) is 58.1 Å². The van der Waals surface area contributed by atoms with Gasteiger partial charge in [-0.25, -0.2) is 5.43 Å². The summed E-state index contributed by atoms with van der Waals surface area (Å²) in [4.78, 5) is 23.5. The number of para-hydroxylation sites is 1. The average Bonchev–Trinajstić information content (AvgIpc) is 2.58. The van der Waals surface area contributed by atoms with E-state index < -0.39 is 11.8 Å². The zero-order valence-corrected chi connectivity index (χ0v) is 14.1. The first kappa shape index (κ1) is 17.8. The molecule has 0 aliphatic rings. The third-order valence-electron chi connectivity index (χ3n) is 2.89. The second-order valence-corrected chi connectivity index (χ2v) is 5.34. The molecule has 0 aliphatic carbocycles. The van der Waals surface area contributed by atoms with Gasteiger partial charge in [-0.15, -0.1) is 0 Å². The summed E-state index contributed by atoms with van der Waals surface area (Å²) in [6, 6.07) is 11.6. The molecule has 124 valence electrons. The molecule has 0 atom stereocenters. The summed E-state index contributed by atoms with van der Waals surface area (Å²) in [6.07, 6.45) is 1.38. The normalized spacial score (nSPS) is 10.5. The van der Waals surface area contributed by atoms with Gasteiger partial charge in [-0.1, -0.05) is 35.3 Å². The molecule has 0 radical (unpaired) electrons. The van der Waals surface area contributed by atoms with Gasteiger partial charge in [0.25, 0.3) is 0 Å². The lowest BCUT2D eigenvalue weighted by Gasteiger charge is -2.05. The first-order valence-electron chi connectivity index (χ1n) is 6.73. The highest BCUT2D eigenvalue weighted by molar-refractivity contribution is 6.42. The molecule has 0 bridgehead atoms. The fourth-order valence-electron chi connectivity index (χ4n) is 1.75. The minimum absolute atomic E-state index is 0.268. The first-order chi connectivity index (χ1) is 11.5. The predicted molar refractivity (Wildman–Crippen MR) is 93.8 cm³/mol. The zero-order chi connectivity index (χ0) is 17.5. The number of benzene rings is 2. The zero-order valence-electron chi connectivity index (χ0n) is 12.5. The highest BCUT2D eigenvalue weighted by Gasteiger charge is 2.13. The van der Waals surface area contributed by atoms with Crippen LogP contribution in [0.25, 0.3) is 0 Å². The highest BCUT2D eigenvalue weighted by Crippen LogP contribution is 2.24. The summed E-state index contributed by atoms with van der Waals surface area (Å²) < 4.78 is 5.14. The highest BCUT2D eigenvalue weighted by atomic mass is 35.5. The number of ether oxygens (including phenoxy) is 1. The standard InChI is InChI=1S/C16H13Cl2N3O3/c1-24-14-5-3-2-4-10(14)9-19-21-16(23)15(22)20-11-6-7-12(17)13(18)8-11/h2-9H,1H3,(H,20,22)(H,21,23). The van der Waals surface area contributed by atoms with Crippen LogP contribution in [-0.2, 0) is 9.59 Å². The van der Waals surface area contributed by atoms with Crippen molar-refractivity contribution in [2.24, 2.45) is 5.10 Å². The van der Waals surface area contributed by atoms with Gasteiger partial charge in [-0.2, -0.15) is 5.10 Å². The number of hydrogen-bond acceptors (Lipinski definition) is 4. The van der Waals surface area contributed by atoms with Crippen molar-refractivity contribution < 1.29 is 14.3 Å². The van der Waals surface area contributed by atoms with Crippen LogP contribution in [0, 0.1) is 0 Å². The van der Waals surface area contributed by atoms with E-state index in [1.807, 2.05) is 0 Å². The summed E-state index contributed by atoms with van der Waals surface area (Å²) in [5.74, 6) is -1.21. The van der Waals surface area contributed by atoms with Crippen molar-refractivity contribution in [1.29, 1.82) is 0 Å². The maximum Gasteiger partial charge on any atom is 0.329 e. The number of halogens is 2. The predicted octanol–water partition coefficient (Wildman–Crippen LogP) is 3.09. The molecule has 2 amide bonds. The number of amides is 2. The van der Waals surface area contributed by atoms with Gasteiger partial charge in [0.1, 0.15) is 5.75 Å². The fourth-order valence-corrected chi connectivity index (χ4v) is 2.04. The van der Waals surface area contributed by atoms with E-state index in [0.29, 0.717) is 22.0 Å². The quantitative estimate of drug-likeness (QED) is 0.496. The molecule has 6 nitrogen and oxygen atoms in total. The van der Waals surface area contributed by atoms with Crippen LogP contribution in [0.4, 0.5) is 5.69 Å². The Bertz CT molecular complexity index is 794. The molecule has 2 N–H and O–H groups in total. The van der Waals surface area contributed by atoms with Gasteiger partial charge in [-0.3, -0.25) is 9.59 Å². The lowest BCUT2D eigenvalue weighted by molar-refractivity contribution is -0.136. The number of carbonyl (C=O) groups excluding carboxylic acids is 2. The number of hydrazone groups is 1. The minimum Gasteiger partial charge on any atom is -0.496 e. The van der Waals surface area contributed by atoms with Crippen LogP contribution in [0.2, 0.25) is 10.0 Å². The molecule has 0 saturated carbocycles. The summed E-state index contributed by atoms with van der Waals surface area (Å²) in [5.41, 5.74) is 3.14. The number of methoxy groups -OCH3 is 1. The van der Waals surface area contributed by atoms with Gasteiger partial charge in [0.05, 0.1) is 23.4 Å². The number of rotatable bonds is 4. The van der Waals surface area contributed by atoms with Crippen LogP contribution >= 0.6 is 23.2 Å². The number of anilines is 1. The Kier molecular flexibility index (Phi) is 6.17. The SMILES string of the molecule is COc1ccccc1C=NNC(=O)C(=O)Nc1ccc(Cl)c(Cl)c1. The molecule has 2 aromatic rings. The second kappa shape index (κ2) is 8.33. The number of hydrogen-bond donors (Lipinski definition) is 2. The van der Waals surface area contributed by atoms with Gasteiger partial charge in [0.15, 0.2) is 0 Å². The van der Waals surface area contributed by atoms with E-state index in [1.54, 1.807) is 24.3 Å². The lowest BCUT2D eigenvalue weighted by atomic mass is 10.2. The van der Waals surface area contributed by atoms with E-state index in [-0.39, 0.29) is 5.02 Å². The minimum atomic E-state index is -0.924. The maximum atomic E-state index is 11.8. The molecule has 0 unspecified atom stereocenters. The molecule has 0 aromatic heterocycles. The third-order valence-corrected chi connectivity index (χ3v) is 3.63. The van der Waals surface area contributed by atoms with E-state index >= 15 is 0 Å². The van der Waals surface area contributed by atoms with Crippen molar-refractivity contribution in [2.75, 3.05) is 12.4 Å². The molecule has 24 heavy (non-hydrogen) atoms. The topological polar surface area (TPSA) is 79.8 Å². The molecule has 0 saturated heterocycles. The van der Waals surface area contributed by atoms with E-state index in [1.165, 1.54) is 31.5 Å². The van der Waals surface area contributed by atoms with Crippen LogP contribution in [0.15, 0.2) is 47.6 Å². The van der Waals surface area contributed by atoms with Gasteiger partial charge >= 0.3 is 11.8 Å². The Morgan fingerprint density at radius 1 is 1.08 bits per heavy atom. The van der Waals surface area contributed by atoms with Gasteiger partial charge in [-0.05, 0) is 30.3 Å². The maximum absolute atomic E-state index is 11.8. The van der Waals surface area contributed by atoms with Crippen LogP contribution in [0.1, 0.15) is 5.56 Å². The van der Waals surface area contributed by atoms with Crippen LogP contribution in [0.3, 0.4) is 0 Å². The van der Waals surface area contributed by atoms with Crippen molar-refractivity contribution in [3.63, 3.8) is 0 Å². The van der Waals surface area contributed by atoms with Crippen LogP contribution < -0.4 is 15.5 Å². The fraction of sp³-hybridized carbons (Fsp3) is 0.0625. The van der Waals surface area contributed by atoms with Crippen molar-refractivity contribution in [2.45, 2.75) is 0 Å². The van der Waals surface area contributed by atoms with Gasteiger partial charge < -0.3 is 10.1 Å². The molecule has 8 heteroatoms. The van der Waals surface area contributed by atoms with Crippen molar-refractivity contribution >= 4 is 46.9 Å². The summed E-state index contributed by atoms with van der Waals surface area (Å²) in [7, 11) is 1.52. The van der Waals surface area contributed by atoms with E-state index in [2.05, 4.69) is 15.8 Å².